The van der Waals surface area contributed by atoms with Crippen molar-refractivity contribution in [3.63, 3.8) is 0 Å². The van der Waals surface area contributed by atoms with E-state index in [9.17, 15) is 4.39 Å². The second-order valence-electron chi connectivity index (χ2n) is 6.43. The Balaban J connectivity index is 0.000000730. The number of halogens is 1. The van der Waals surface area contributed by atoms with Gasteiger partial charge in [0.2, 0.25) is 0 Å². The Labute approximate surface area is 153 Å². The third-order valence-corrected chi connectivity index (χ3v) is 4.56. The Morgan fingerprint density at radius 3 is 2.36 bits per heavy atom. The van der Waals surface area contributed by atoms with Crippen LogP contribution in [-0.4, -0.2) is 25.4 Å². The fraction of sp³-hybridized carbons (Fsp3) is 0.600. The molecule has 140 valence electrons. The number of rotatable bonds is 2. The minimum atomic E-state index is -0.626. The first-order valence-electron chi connectivity index (χ1n) is 9.39. The number of hydrogen-bond acceptors (Lipinski definition) is 3. The number of fused-ring (bicyclic) bond motifs is 1. The molecular weight excluding hydrogens is 316 g/mol. The molecule has 0 bridgehead atoms. The molecule has 2 aliphatic heterocycles. The van der Waals surface area contributed by atoms with E-state index in [0.717, 1.165) is 23.5 Å². The minimum absolute atomic E-state index is 0.0675. The summed E-state index contributed by atoms with van der Waals surface area (Å²) >= 11 is 0. The standard InChI is InChI=1S/C16H21BFNO2.2C2H6/c1-10(2)19-9-8-12-14(19)7-6-13(15(12)18)17-20-11(3)16(4,5)21-17;2*1-2/h6-7,11H,1,8-9H2,2-5H3;2*1-2H3. The molecule has 0 spiro atoms. The van der Waals surface area contributed by atoms with Crippen LogP contribution in [-0.2, 0) is 15.7 Å². The van der Waals surface area contributed by atoms with Gasteiger partial charge in [-0.3, -0.25) is 0 Å². The molecule has 0 N–H and O–H groups in total. The van der Waals surface area contributed by atoms with Gasteiger partial charge in [0.25, 0.3) is 0 Å². The van der Waals surface area contributed by atoms with Crippen molar-refractivity contribution in [2.75, 3.05) is 11.4 Å². The lowest BCUT2D eigenvalue weighted by Crippen LogP contribution is -2.37. The zero-order chi connectivity index (χ0) is 19.4. The second kappa shape index (κ2) is 8.86. The maximum atomic E-state index is 14.8. The predicted molar refractivity (Wildman–Crippen MR) is 106 cm³/mol. The summed E-state index contributed by atoms with van der Waals surface area (Å²) in [6.07, 6.45) is 0.621. The fourth-order valence-electron chi connectivity index (χ4n) is 2.93. The average molecular weight is 349 g/mol. The molecule has 1 fully saturated rings. The van der Waals surface area contributed by atoms with E-state index >= 15 is 0 Å². The molecule has 0 aliphatic carbocycles. The van der Waals surface area contributed by atoms with Crippen molar-refractivity contribution in [3.05, 3.63) is 35.8 Å². The van der Waals surface area contributed by atoms with Gasteiger partial charge in [-0.15, -0.1) is 0 Å². The van der Waals surface area contributed by atoms with Gasteiger partial charge < -0.3 is 14.2 Å². The number of hydrogen-bond donors (Lipinski definition) is 0. The van der Waals surface area contributed by atoms with Crippen LogP contribution in [0.3, 0.4) is 0 Å². The number of anilines is 1. The SMILES string of the molecule is C=C(C)N1CCc2c1ccc(B1OC(C)C(C)(C)O1)c2F.CC.CC. The minimum Gasteiger partial charge on any atom is -0.402 e. The van der Waals surface area contributed by atoms with E-state index in [-0.39, 0.29) is 11.9 Å². The third kappa shape index (κ3) is 4.26. The quantitative estimate of drug-likeness (QED) is 0.724. The van der Waals surface area contributed by atoms with Crippen molar-refractivity contribution in [1.82, 2.24) is 0 Å². The van der Waals surface area contributed by atoms with E-state index in [0.29, 0.717) is 11.9 Å². The van der Waals surface area contributed by atoms with E-state index in [1.807, 2.05) is 66.4 Å². The average Bonchev–Trinajstić information content (AvgIpc) is 3.13. The first-order valence-corrected chi connectivity index (χ1v) is 9.39. The van der Waals surface area contributed by atoms with Crippen LogP contribution in [0.5, 0.6) is 0 Å². The molecule has 3 nitrogen and oxygen atoms in total. The smallest absolute Gasteiger partial charge is 0.402 e. The van der Waals surface area contributed by atoms with Crippen LogP contribution in [0.1, 0.15) is 61.0 Å². The third-order valence-electron chi connectivity index (χ3n) is 4.56. The van der Waals surface area contributed by atoms with Gasteiger partial charge >= 0.3 is 7.12 Å². The van der Waals surface area contributed by atoms with E-state index in [1.165, 1.54) is 0 Å². The molecule has 0 saturated carbocycles. The highest BCUT2D eigenvalue weighted by Gasteiger charge is 2.45. The van der Waals surface area contributed by atoms with E-state index in [1.54, 1.807) is 6.07 Å². The molecular formula is C20H33BFNO2. The van der Waals surface area contributed by atoms with Gasteiger partial charge in [-0.05, 0) is 40.2 Å². The summed E-state index contributed by atoms with van der Waals surface area (Å²) in [5.74, 6) is -0.203. The van der Waals surface area contributed by atoms with Gasteiger partial charge in [0, 0.05) is 29.0 Å². The topological polar surface area (TPSA) is 21.7 Å². The maximum absolute atomic E-state index is 14.8. The molecule has 0 radical (unpaired) electrons. The lowest BCUT2D eigenvalue weighted by atomic mass is 9.77. The van der Waals surface area contributed by atoms with Crippen LogP contribution in [0.15, 0.2) is 24.4 Å². The van der Waals surface area contributed by atoms with Gasteiger partial charge in [-0.1, -0.05) is 40.3 Å². The molecule has 1 saturated heterocycles. The van der Waals surface area contributed by atoms with Crippen molar-refractivity contribution >= 4 is 18.3 Å². The maximum Gasteiger partial charge on any atom is 0.497 e. The van der Waals surface area contributed by atoms with Crippen molar-refractivity contribution < 1.29 is 13.7 Å². The first kappa shape index (κ1) is 21.7. The summed E-state index contributed by atoms with van der Waals surface area (Å²) in [6, 6.07) is 3.71. The summed E-state index contributed by atoms with van der Waals surface area (Å²) in [6.45, 7) is 20.5. The van der Waals surface area contributed by atoms with Crippen LogP contribution in [0.2, 0.25) is 0 Å². The van der Waals surface area contributed by atoms with Gasteiger partial charge in [0.1, 0.15) is 5.82 Å². The summed E-state index contributed by atoms with van der Waals surface area (Å²) in [5, 5.41) is 0. The first-order chi connectivity index (χ1) is 11.8. The summed E-state index contributed by atoms with van der Waals surface area (Å²) in [5.41, 5.74) is 2.67. The molecule has 5 heteroatoms. The second-order valence-corrected chi connectivity index (χ2v) is 6.43. The van der Waals surface area contributed by atoms with Crippen molar-refractivity contribution in [1.29, 1.82) is 0 Å². The van der Waals surface area contributed by atoms with Gasteiger partial charge in [0.05, 0.1) is 11.7 Å². The Morgan fingerprint density at radius 1 is 1.28 bits per heavy atom. The summed E-state index contributed by atoms with van der Waals surface area (Å²) in [4.78, 5) is 2.05. The number of benzene rings is 1. The molecule has 0 aromatic heterocycles. The summed E-state index contributed by atoms with van der Waals surface area (Å²) < 4.78 is 26.5. The molecule has 3 rings (SSSR count). The summed E-state index contributed by atoms with van der Waals surface area (Å²) in [7, 11) is -0.626. The van der Waals surface area contributed by atoms with Crippen molar-refractivity contribution in [3.8, 4) is 0 Å². The van der Waals surface area contributed by atoms with Crippen LogP contribution in [0, 0.1) is 5.82 Å². The lowest BCUT2D eigenvalue weighted by Gasteiger charge is -2.21. The van der Waals surface area contributed by atoms with Crippen LogP contribution in [0.25, 0.3) is 0 Å². The molecule has 1 aromatic carbocycles. The normalized spacial score (nSPS) is 20.3. The van der Waals surface area contributed by atoms with Gasteiger partial charge in [0.15, 0.2) is 0 Å². The fourth-order valence-corrected chi connectivity index (χ4v) is 2.93. The van der Waals surface area contributed by atoms with Crippen molar-refractivity contribution in [2.24, 2.45) is 0 Å². The van der Waals surface area contributed by atoms with Crippen molar-refractivity contribution in [2.45, 2.75) is 73.5 Å². The van der Waals surface area contributed by atoms with Crippen LogP contribution >= 0.6 is 0 Å². The largest absolute Gasteiger partial charge is 0.497 e. The lowest BCUT2D eigenvalue weighted by molar-refractivity contribution is 0.0842. The predicted octanol–water partition coefficient (Wildman–Crippen LogP) is 4.68. The molecule has 2 aliphatic rings. The molecule has 2 heterocycles. The van der Waals surface area contributed by atoms with E-state index in [4.69, 9.17) is 9.31 Å². The zero-order valence-corrected chi connectivity index (χ0v) is 17.1. The Bertz CT molecular complexity index is 604. The highest BCUT2D eigenvalue weighted by atomic mass is 19.1. The van der Waals surface area contributed by atoms with Gasteiger partial charge in [-0.25, -0.2) is 4.39 Å². The molecule has 25 heavy (non-hydrogen) atoms. The Morgan fingerprint density at radius 2 is 1.88 bits per heavy atom. The van der Waals surface area contributed by atoms with Crippen LogP contribution < -0.4 is 10.4 Å². The molecule has 0 amide bonds. The zero-order valence-electron chi connectivity index (χ0n) is 17.1. The Hall–Kier alpha value is -1.33. The molecule has 1 unspecified atom stereocenters. The highest BCUT2D eigenvalue weighted by Crippen LogP contribution is 2.33. The number of nitrogens with zero attached hydrogens (tertiary/aromatic N) is 1. The monoisotopic (exact) mass is 349 g/mol. The van der Waals surface area contributed by atoms with Gasteiger partial charge in [-0.2, -0.15) is 0 Å². The Kier molecular flexibility index (Phi) is 7.70. The van der Waals surface area contributed by atoms with E-state index in [2.05, 4.69) is 6.58 Å². The van der Waals surface area contributed by atoms with E-state index < -0.39 is 12.7 Å². The molecule has 1 aromatic rings. The van der Waals surface area contributed by atoms with Crippen LogP contribution in [0.4, 0.5) is 10.1 Å². The molecule has 1 atom stereocenters. The highest BCUT2D eigenvalue weighted by molar-refractivity contribution is 6.62. The number of allylic oxidation sites excluding steroid dienone is 1.